The van der Waals surface area contributed by atoms with Crippen LogP contribution in [0, 0.1) is 11.6 Å². The molecule has 0 saturated carbocycles. The molecule has 0 saturated heterocycles. The molecule has 1 atom stereocenters. The summed E-state index contributed by atoms with van der Waals surface area (Å²) >= 11 is 0. The molecular formula is C15H23F2N. The molecule has 1 nitrogen and oxygen atoms in total. The third-order valence-corrected chi connectivity index (χ3v) is 3.24. The summed E-state index contributed by atoms with van der Waals surface area (Å²) in [6, 6.07) is 3.36. The normalized spacial score (nSPS) is 12.7. The molecule has 0 aliphatic rings. The summed E-state index contributed by atoms with van der Waals surface area (Å²) in [4.78, 5) is 0. The van der Waals surface area contributed by atoms with E-state index >= 15 is 0 Å². The van der Waals surface area contributed by atoms with Crippen molar-refractivity contribution in [2.45, 2.75) is 57.9 Å². The first kappa shape index (κ1) is 15.1. The monoisotopic (exact) mass is 255 g/mol. The van der Waals surface area contributed by atoms with Crippen molar-refractivity contribution in [3.63, 3.8) is 0 Å². The minimum absolute atomic E-state index is 0.0334. The average Bonchev–Trinajstić information content (AvgIpc) is 2.33. The van der Waals surface area contributed by atoms with E-state index in [0.29, 0.717) is 6.42 Å². The quantitative estimate of drug-likeness (QED) is 0.668. The fourth-order valence-electron chi connectivity index (χ4n) is 2.15. The maximum Gasteiger partial charge on any atom is 0.130 e. The maximum absolute atomic E-state index is 13.5. The molecule has 18 heavy (non-hydrogen) atoms. The Morgan fingerprint density at radius 1 is 1.00 bits per heavy atom. The van der Waals surface area contributed by atoms with E-state index in [0.717, 1.165) is 12.8 Å². The summed E-state index contributed by atoms with van der Waals surface area (Å²) in [6.07, 6.45) is 7.56. The average molecular weight is 255 g/mol. The zero-order chi connectivity index (χ0) is 13.4. The van der Waals surface area contributed by atoms with Crippen LogP contribution in [0.3, 0.4) is 0 Å². The second-order valence-corrected chi connectivity index (χ2v) is 4.80. The van der Waals surface area contributed by atoms with Crippen molar-refractivity contribution in [1.82, 2.24) is 0 Å². The summed E-state index contributed by atoms with van der Waals surface area (Å²) in [6.45, 7) is 2.18. The molecule has 0 heterocycles. The molecule has 1 rings (SSSR count). The van der Waals surface area contributed by atoms with Crippen LogP contribution in [0.25, 0.3) is 0 Å². The summed E-state index contributed by atoms with van der Waals surface area (Å²) in [5, 5.41) is 0. The van der Waals surface area contributed by atoms with Gasteiger partial charge in [-0.2, -0.15) is 0 Å². The van der Waals surface area contributed by atoms with E-state index in [1.165, 1.54) is 43.9 Å². The van der Waals surface area contributed by atoms with Crippen LogP contribution in [0.2, 0.25) is 0 Å². The molecule has 0 aliphatic heterocycles. The van der Waals surface area contributed by atoms with Crippen LogP contribution in [0.15, 0.2) is 18.2 Å². The lowest BCUT2D eigenvalue weighted by Gasteiger charge is -2.13. The molecule has 0 bridgehead atoms. The molecule has 1 aromatic rings. The van der Waals surface area contributed by atoms with Gasteiger partial charge in [-0.3, -0.25) is 0 Å². The molecule has 2 N–H and O–H groups in total. The lowest BCUT2D eigenvalue weighted by Crippen LogP contribution is -2.14. The Labute approximate surface area is 108 Å². The van der Waals surface area contributed by atoms with Gasteiger partial charge in [0.2, 0.25) is 0 Å². The van der Waals surface area contributed by atoms with E-state index in [4.69, 9.17) is 5.73 Å². The number of rotatable bonds is 8. The van der Waals surface area contributed by atoms with Gasteiger partial charge in [-0.25, -0.2) is 8.78 Å². The standard InChI is InChI=1S/C15H23F2N/c1-2-3-4-5-6-7-11-14(18)15-12(16)9-8-10-13(15)17/h8-10,14H,2-7,11,18H2,1H3. The van der Waals surface area contributed by atoms with Crippen molar-refractivity contribution in [2.75, 3.05) is 0 Å². The lowest BCUT2D eigenvalue weighted by molar-refractivity contribution is 0.491. The zero-order valence-electron chi connectivity index (χ0n) is 11.1. The molecule has 102 valence electrons. The van der Waals surface area contributed by atoms with E-state index in [1.807, 2.05) is 0 Å². The summed E-state index contributed by atoms with van der Waals surface area (Å²) in [5.41, 5.74) is 5.89. The van der Waals surface area contributed by atoms with Crippen LogP contribution >= 0.6 is 0 Å². The fourth-order valence-corrected chi connectivity index (χ4v) is 2.15. The highest BCUT2D eigenvalue weighted by Gasteiger charge is 2.15. The van der Waals surface area contributed by atoms with Gasteiger partial charge in [-0.1, -0.05) is 51.5 Å². The van der Waals surface area contributed by atoms with Gasteiger partial charge in [0.1, 0.15) is 11.6 Å². The van der Waals surface area contributed by atoms with E-state index in [9.17, 15) is 8.78 Å². The number of hydrogen-bond donors (Lipinski definition) is 1. The zero-order valence-corrected chi connectivity index (χ0v) is 11.1. The number of unbranched alkanes of at least 4 members (excludes halogenated alkanes) is 5. The minimum Gasteiger partial charge on any atom is -0.324 e. The lowest BCUT2D eigenvalue weighted by atomic mass is 9.99. The Kier molecular flexibility index (Phi) is 6.88. The topological polar surface area (TPSA) is 26.0 Å². The van der Waals surface area contributed by atoms with E-state index in [2.05, 4.69) is 6.92 Å². The Morgan fingerprint density at radius 2 is 1.56 bits per heavy atom. The van der Waals surface area contributed by atoms with E-state index < -0.39 is 17.7 Å². The number of hydrogen-bond acceptors (Lipinski definition) is 1. The van der Waals surface area contributed by atoms with E-state index in [-0.39, 0.29) is 5.56 Å². The highest BCUT2D eigenvalue weighted by atomic mass is 19.1. The Balaban J connectivity index is 2.34. The smallest absolute Gasteiger partial charge is 0.130 e. The van der Waals surface area contributed by atoms with Gasteiger partial charge in [0.05, 0.1) is 0 Å². The SMILES string of the molecule is CCCCCCCCC(N)c1c(F)cccc1F. The minimum atomic E-state index is -0.534. The van der Waals surface area contributed by atoms with Gasteiger partial charge in [0.15, 0.2) is 0 Å². The van der Waals surface area contributed by atoms with E-state index in [1.54, 1.807) is 0 Å². The Hall–Kier alpha value is -0.960. The highest BCUT2D eigenvalue weighted by Crippen LogP contribution is 2.23. The van der Waals surface area contributed by atoms with Crippen LogP contribution in [-0.2, 0) is 0 Å². The second-order valence-electron chi connectivity index (χ2n) is 4.80. The van der Waals surface area contributed by atoms with Gasteiger partial charge in [-0.05, 0) is 18.6 Å². The number of nitrogens with two attached hydrogens (primary N) is 1. The molecular weight excluding hydrogens is 232 g/mol. The molecule has 0 aromatic heterocycles. The predicted octanol–water partition coefficient (Wildman–Crippen LogP) is 4.72. The molecule has 1 unspecified atom stereocenters. The van der Waals surface area contributed by atoms with Crippen molar-refractivity contribution in [3.8, 4) is 0 Å². The van der Waals surface area contributed by atoms with Crippen LogP contribution in [0.4, 0.5) is 8.78 Å². The van der Waals surface area contributed by atoms with Crippen LogP contribution in [0.1, 0.15) is 63.5 Å². The van der Waals surface area contributed by atoms with Crippen molar-refractivity contribution < 1.29 is 8.78 Å². The van der Waals surface area contributed by atoms with Gasteiger partial charge >= 0.3 is 0 Å². The van der Waals surface area contributed by atoms with Crippen molar-refractivity contribution in [1.29, 1.82) is 0 Å². The molecule has 0 aliphatic carbocycles. The number of benzene rings is 1. The van der Waals surface area contributed by atoms with Crippen molar-refractivity contribution in [3.05, 3.63) is 35.4 Å². The van der Waals surface area contributed by atoms with Gasteiger partial charge in [0.25, 0.3) is 0 Å². The highest BCUT2D eigenvalue weighted by molar-refractivity contribution is 5.22. The molecule has 1 aromatic carbocycles. The van der Waals surface area contributed by atoms with Gasteiger partial charge in [0, 0.05) is 11.6 Å². The van der Waals surface area contributed by atoms with Crippen LogP contribution in [-0.4, -0.2) is 0 Å². The largest absolute Gasteiger partial charge is 0.324 e. The number of halogens is 2. The van der Waals surface area contributed by atoms with Crippen molar-refractivity contribution in [2.24, 2.45) is 5.73 Å². The second kappa shape index (κ2) is 8.20. The molecule has 0 fully saturated rings. The Morgan fingerprint density at radius 3 is 2.17 bits per heavy atom. The fraction of sp³-hybridized carbons (Fsp3) is 0.600. The van der Waals surface area contributed by atoms with Crippen molar-refractivity contribution >= 4 is 0 Å². The summed E-state index contributed by atoms with van der Waals surface area (Å²) in [7, 11) is 0. The van der Waals surface area contributed by atoms with Crippen LogP contribution in [0.5, 0.6) is 0 Å². The van der Waals surface area contributed by atoms with Gasteiger partial charge in [-0.15, -0.1) is 0 Å². The summed E-state index contributed by atoms with van der Waals surface area (Å²) in [5.74, 6) is -1.07. The predicted molar refractivity (Wildman–Crippen MR) is 71.3 cm³/mol. The third-order valence-electron chi connectivity index (χ3n) is 3.24. The first-order valence-electron chi connectivity index (χ1n) is 6.86. The van der Waals surface area contributed by atoms with Crippen LogP contribution < -0.4 is 5.73 Å². The van der Waals surface area contributed by atoms with Gasteiger partial charge < -0.3 is 5.73 Å². The summed E-state index contributed by atoms with van der Waals surface area (Å²) < 4.78 is 26.9. The third kappa shape index (κ3) is 4.73. The first-order chi connectivity index (χ1) is 8.66. The molecule has 0 spiro atoms. The Bertz CT molecular complexity index is 332. The molecule has 3 heteroatoms. The molecule has 0 radical (unpaired) electrons. The molecule has 0 amide bonds. The first-order valence-corrected chi connectivity index (χ1v) is 6.86. The maximum atomic E-state index is 13.5.